The Morgan fingerprint density at radius 3 is 2.94 bits per heavy atom. The lowest BCUT2D eigenvalue weighted by atomic mass is 9.80. The highest BCUT2D eigenvalue weighted by molar-refractivity contribution is 5.00. The van der Waals surface area contributed by atoms with Crippen LogP contribution in [0, 0.1) is 12.8 Å². The third-order valence-electron chi connectivity index (χ3n) is 3.77. The third kappa shape index (κ3) is 2.29. The topological polar surface area (TPSA) is 38.0 Å². The van der Waals surface area contributed by atoms with Crippen molar-refractivity contribution in [3.8, 4) is 0 Å². The molecule has 1 fully saturated rings. The molecule has 3 unspecified atom stereocenters. The minimum Gasteiger partial charge on any atom is -0.393 e. The quantitative estimate of drug-likeness (QED) is 0.854. The second-order valence-electron chi connectivity index (χ2n) is 5.00. The molecule has 0 radical (unpaired) electrons. The Morgan fingerprint density at radius 2 is 2.31 bits per heavy atom. The number of hydrogen-bond donors (Lipinski definition) is 1. The van der Waals surface area contributed by atoms with Crippen LogP contribution in [0.1, 0.15) is 50.8 Å². The lowest BCUT2D eigenvalue weighted by Crippen LogP contribution is -2.31. The molecular formula is C13H22N2O. The molecule has 90 valence electrons. The Bertz CT molecular complexity index is 334. The maximum Gasteiger partial charge on any atom is 0.0575 e. The van der Waals surface area contributed by atoms with Gasteiger partial charge in [-0.2, -0.15) is 5.10 Å². The number of aliphatic hydroxyl groups excluding tert-OH is 1. The van der Waals surface area contributed by atoms with Gasteiger partial charge >= 0.3 is 0 Å². The number of hydrogen-bond acceptors (Lipinski definition) is 2. The molecule has 1 saturated carbocycles. The highest BCUT2D eigenvalue weighted by Crippen LogP contribution is 2.37. The van der Waals surface area contributed by atoms with Gasteiger partial charge in [0, 0.05) is 11.9 Å². The minimum atomic E-state index is -0.137. The maximum absolute atomic E-state index is 9.81. The van der Waals surface area contributed by atoms with E-state index in [2.05, 4.69) is 23.6 Å². The van der Waals surface area contributed by atoms with E-state index < -0.39 is 0 Å². The Hall–Kier alpha value is -0.830. The minimum absolute atomic E-state index is 0.137. The molecule has 1 N–H and O–H groups in total. The summed E-state index contributed by atoms with van der Waals surface area (Å²) < 4.78 is 2.11. The van der Waals surface area contributed by atoms with Crippen molar-refractivity contribution < 1.29 is 5.11 Å². The van der Waals surface area contributed by atoms with Gasteiger partial charge in [0.05, 0.1) is 12.1 Å². The van der Waals surface area contributed by atoms with E-state index in [0.29, 0.717) is 12.0 Å². The van der Waals surface area contributed by atoms with Gasteiger partial charge in [-0.15, -0.1) is 0 Å². The van der Waals surface area contributed by atoms with Crippen LogP contribution in [0.15, 0.2) is 12.3 Å². The lowest BCUT2D eigenvalue weighted by Gasteiger charge is -2.35. The van der Waals surface area contributed by atoms with Crippen molar-refractivity contribution in [2.24, 2.45) is 5.92 Å². The Balaban J connectivity index is 2.17. The SMILES string of the molecule is CCCC1CCC(O)CC1n1nccc1C. The van der Waals surface area contributed by atoms with Gasteiger partial charge in [-0.05, 0) is 44.6 Å². The smallest absolute Gasteiger partial charge is 0.0575 e. The van der Waals surface area contributed by atoms with Crippen LogP contribution in [0.2, 0.25) is 0 Å². The molecule has 2 rings (SSSR count). The average molecular weight is 222 g/mol. The number of aromatic nitrogens is 2. The van der Waals surface area contributed by atoms with E-state index in [1.807, 2.05) is 12.3 Å². The highest BCUT2D eigenvalue weighted by atomic mass is 16.3. The zero-order chi connectivity index (χ0) is 11.5. The molecule has 3 nitrogen and oxygen atoms in total. The summed E-state index contributed by atoms with van der Waals surface area (Å²) in [6.45, 7) is 4.33. The summed E-state index contributed by atoms with van der Waals surface area (Å²) in [6, 6.07) is 2.45. The summed E-state index contributed by atoms with van der Waals surface area (Å²) in [5.74, 6) is 0.687. The predicted molar refractivity (Wildman–Crippen MR) is 64.3 cm³/mol. The second-order valence-corrected chi connectivity index (χ2v) is 5.00. The average Bonchev–Trinajstić information content (AvgIpc) is 2.67. The van der Waals surface area contributed by atoms with Crippen LogP contribution in [0.3, 0.4) is 0 Å². The van der Waals surface area contributed by atoms with Crippen molar-refractivity contribution in [1.82, 2.24) is 9.78 Å². The first-order valence-electron chi connectivity index (χ1n) is 6.40. The molecule has 3 atom stereocenters. The Kier molecular flexibility index (Phi) is 3.64. The predicted octanol–water partition coefficient (Wildman–Crippen LogP) is 2.69. The number of aryl methyl sites for hydroxylation is 1. The van der Waals surface area contributed by atoms with Crippen LogP contribution in [0.4, 0.5) is 0 Å². The largest absolute Gasteiger partial charge is 0.393 e. The normalized spacial score (nSPS) is 30.6. The van der Waals surface area contributed by atoms with Crippen molar-refractivity contribution in [2.45, 2.75) is 58.1 Å². The zero-order valence-corrected chi connectivity index (χ0v) is 10.3. The van der Waals surface area contributed by atoms with Crippen molar-refractivity contribution >= 4 is 0 Å². The van der Waals surface area contributed by atoms with E-state index in [1.165, 1.54) is 18.5 Å². The first-order chi connectivity index (χ1) is 7.72. The maximum atomic E-state index is 9.81. The van der Waals surface area contributed by atoms with Gasteiger partial charge in [0.2, 0.25) is 0 Å². The van der Waals surface area contributed by atoms with Gasteiger partial charge in [-0.25, -0.2) is 0 Å². The molecule has 1 aromatic heterocycles. The van der Waals surface area contributed by atoms with Gasteiger partial charge in [-0.1, -0.05) is 13.3 Å². The van der Waals surface area contributed by atoms with E-state index in [1.54, 1.807) is 0 Å². The molecule has 0 aliphatic heterocycles. The summed E-state index contributed by atoms with van der Waals surface area (Å²) >= 11 is 0. The fourth-order valence-corrected chi connectivity index (χ4v) is 2.92. The number of rotatable bonds is 3. The van der Waals surface area contributed by atoms with Crippen LogP contribution < -0.4 is 0 Å². The second kappa shape index (κ2) is 5.00. The molecule has 0 amide bonds. The Labute approximate surface area is 97.5 Å². The fourth-order valence-electron chi connectivity index (χ4n) is 2.92. The monoisotopic (exact) mass is 222 g/mol. The summed E-state index contributed by atoms with van der Waals surface area (Å²) in [4.78, 5) is 0. The molecule has 1 aliphatic rings. The van der Waals surface area contributed by atoms with Gasteiger partial charge in [0.1, 0.15) is 0 Å². The van der Waals surface area contributed by atoms with Crippen LogP contribution in [0.5, 0.6) is 0 Å². The summed E-state index contributed by atoms with van der Waals surface area (Å²) in [7, 11) is 0. The summed E-state index contributed by atoms with van der Waals surface area (Å²) in [5.41, 5.74) is 1.21. The highest BCUT2D eigenvalue weighted by Gasteiger charge is 2.31. The molecule has 0 bridgehead atoms. The first kappa shape index (κ1) is 11.6. The lowest BCUT2D eigenvalue weighted by molar-refractivity contribution is 0.0641. The van der Waals surface area contributed by atoms with E-state index >= 15 is 0 Å². The standard InChI is InChI=1S/C13H22N2O/c1-3-4-11-5-6-12(16)9-13(11)15-10(2)7-8-14-15/h7-8,11-13,16H,3-6,9H2,1-2H3. The van der Waals surface area contributed by atoms with Gasteiger partial charge in [0.15, 0.2) is 0 Å². The van der Waals surface area contributed by atoms with E-state index in [9.17, 15) is 5.11 Å². The first-order valence-corrected chi connectivity index (χ1v) is 6.40. The van der Waals surface area contributed by atoms with Gasteiger partial charge in [0.25, 0.3) is 0 Å². The van der Waals surface area contributed by atoms with Crippen LogP contribution in [-0.2, 0) is 0 Å². The Morgan fingerprint density at radius 1 is 1.50 bits per heavy atom. The molecule has 1 aromatic rings. The fraction of sp³-hybridized carbons (Fsp3) is 0.769. The number of aliphatic hydroxyl groups is 1. The molecule has 0 saturated heterocycles. The molecule has 0 spiro atoms. The van der Waals surface area contributed by atoms with Gasteiger partial charge < -0.3 is 5.11 Å². The number of nitrogens with zero attached hydrogens (tertiary/aromatic N) is 2. The van der Waals surface area contributed by atoms with E-state index in [4.69, 9.17) is 0 Å². The third-order valence-corrected chi connectivity index (χ3v) is 3.77. The molecule has 3 heteroatoms. The summed E-state index contributed by atoms with van der Waals surface area (Å²) in [6.07, 6.45) is 7.16. The van der Waals surface area contributed by atoms with Crippen molar-refractivity contribution in [3.63, 3.8) is 0 Å². The van der Waals surface area contributed by atoms with Crippen molar-refractivity contribution in [2.75, 3.05) is 0 Å². The molecule has 0 aromatic carbocycles. The van der Waals surface area contributed by atoms with Crippen molar-refractivity contribution in [1.29, 1.82) is 0 Å². The zero-order valence-electron chi connectivity index (χ0n) is 10.3. The van der Waals surface area contributed by atoms with Crippen LogP contribution in [-0.4, -0.2) is 21.0 Å². The van der Waals surface area contributed by atoms with Crippen LogP contribution >= 0.6 is 0 Å². The summed E-state index contributed by atoms with van der Waals surface area (Å²) in [5, 5.41) is 14.2. The van der Waals surface area contributed by atoms with Gasteiger partial charge in [-0.3, -0.25) is 4.68 Å². The molecule has 1 aliphatic carbocycles. The molecule has 16 heavy (non-hydrogen) atoms. The van der Waals surface area contributed by atoms with E-state index in [-0.39, 0.29) is 6.10 Å². The molecule has 1 heterocycles. The van der Waals surface area contributed by atoms with Crippen molar-refractivity contribution in [3.05, 3.63) is 18.0 Å². The molecular weight excluding hydrogens is 200 g/mol. The van der Waals surface area contributed by atoms with E-state index in [0.717, 1.165) is 19.3 Å². The van der Waals surface area contributed by atoms with Crippen LogP contribution in [0.25, 0.3) is 0 Å².